The van der Waals surface area contributed by atoms with Crippen LogP contribution < -0.4 is 0 Å². The summed E-state index contributed by atoms with van der Waals surface area (Å²) in [4.78, 5) is 6.53. The summed E-state index contributed by atoms with van der Waals surface area (Å²) in [6.07, 6.45) is 7.96. The minimum atomic E-state index is 0.500. The number of nitrogens with zero attached hydrogens (tertiary/aromatic N) is 1. The van der Waals surface area contributed by atoms with Gasteiger partial charge in [-0.05, 0) is 54.5 Å². The minimum absolute atomic E-state index is 0.500. The van der Waals surface area contributed by atoms with Crippen molar-refractivity contribution in [2.45, 2.75) is 51.1 Å². The molecule has 1 unspecified atom stereocenters. The molecule has 1 N–H and O–H groups in total. The smallest absolute Gasteiger partial charge is 0.0533 e. The zero-order valence-electron chi connectivity index (χ0n) is 15.8. The average molecular weight is 379 g/mol. The lowest BCUT2D eigenvalue weighted by atomic mass is 9.79. The van der Waals surface area contributed by atoms with Gasteiger partial charge in [0.15, 0.2) is 0 Å². The Morgan fingerprint density at radius 2 is 1.81 bits per heavy atom. The molecular formula is C24H27ClN2. The highest BCUT2D eigenvalue weighted by atomic mass is 35.5. The highest BCUT2D eigenvalue weighted by molar-refractivity contribution is 6.31. The molecule has 0 saturated heterocycles. The van der Waals surface area contributed by atoms with E-state index in [-0.39, 0.29) is 0 Å². The molecule has 2 aliphatic rings. The van der Waals surface area contributed by atoms with Crippen LogP contribution in [0.4, 0.5) is 0 Å². The molecule has 2 nitrogen and oxygen atoms in total. The molecule has 0 radical (unpaired) electrons. The van der Waals surface area contributed by atoms with Crippen molar-refractivity contribution in [1.29, 1.82) is 0 Å². The molecule has 1 fully saturated rings. The summed E-state index contributed by atoms with van der Waals surface area (Å²) in [5.74, 6) is 0.755. The van der Waals surface area contributed by atoms with E-state index in [1.54, 1.807) is 0 Å². The molecule has 0 amide bonds. The Labute approximate surface area is 166 Å². The van der Waals surface area contributed by atoms with Crippen molar-refractivity contribution in [1.82, 2.24) is 9.88 Å². The molecule has 0 bridgehead atoms. The number of fused-ring (bicyclic) bond motifs is 3. The van der Waals surface area contributed by atoms with Crippen molar-refractivity contribution in [2.24, 2.45) is 5.92 Å². The highest BCUT2D eigenvalue weighted by Gasteiger charge is 2.36. The number of benzene rings is 2. The van der Waals surface area contributed by atoms with Crippen molar-refractivity contribution in [3.8, 4) is 0 Å². The first-order chi connectivity index (χ1) is 13.3. The van der Waals surface area contributed by atoms with Crippen LogP contribution in [0.25, 0.3) is 10.9 Å². The fraction of sp³-hybridized carbons (Fsp3) is 0.417. The SMILES string of the molecule is Clc1ccc2[nH]c3c(c2c1)CCN(Cc1ccccc1)C3C1CCCCC1. The molecule has 3 aromatic rings. The average Bonchev–Trinajstić information content (AvgIpc) is 3.07. The lowest BCUT2D eigenvalue weighted by molar-refractivity contribution is 0.0974. The molecule has 2 aromatic carbocycles. The number of nitrogens with one attached hydrogen (secondary N) is 1. The Kier molecular flexibility index (Phi) is 4.71. The normalized spacial score (nSPS) is 21.4. The number of hydrogen-bond donors (Lipinski definition) is 1. The van der Waals surface area contributed by atoms with E-state index in [4.69, 9.17) is 11.6 Å². The van der Waals surface area contributed by atoms with Crippen LogP contribution in [0.3, 0.4) is 0 Å². The molecule has 1 aromatic heterocycles. The maximum Gasteiger partial charge on any atom is 0.0533 e. The van der Waals surface area contributed by atoms with Crippen LogP contribution in [0.15, 0.2) is 48.5 Å². The van der Waals surface area contributed by atoms with E-state index in [9.17, 15) is 0 Å². The maximum absolute atomic E-state index is 6.31. The second kappa shape index (κ2) is 7.33. The van der Waals surface area contributed by atoms with Crippen molar-refractivity contribution >= 4 is 22.5 Å². The van der Waals surface area contributed by atoms with Crippen LogP contribution in [0.5, 0.6) is 0 Å². The highest BCUT2D eigenvalue weighted by Crippen LogP contribution is 2.44. The third kappa shape index (κ3) is 3.30. The molecule has 5 rings (SSSR count). The van der Waals surface area contributed by atoms with E-state index in [1.165, 1.54) is 59.8 Å². The molecule has 1 aliphatic carbocycles. The zero-order chi connectivity index (χ0) is 18.2. The molecule has 2 heterocycles. The second-order valence-electron chi connectivity index (χ2n) is 8.26. The quantitative estimate of drug-likeness (QED) is 0.551. The summed E-state index contributed by atoms with van der Waals surface area (Å²) in [7, 11) is 0. The van der Waals surface area contributed by atoms with Gasteiger partial charge < -0.3 is 4.98 Å². The Hall–Kier alpha value is -1.77. The van der Waals surface area contributed by atoms with Gasteiger partial charge in [-0.3, -0.25) is 4.90 Å². The van der Waals surface area contributed by atoms with Gasteiger partial charge in [0.05, 0.1) is 6.04 Å². The van der Waals surface area contributed by atoms with E-state index in [0.717, 1.165) is 30.5 Å². The van der Waals surface area contributed by atoms with Crippen LogP contribution in [-0.2, 0) is 13.0 Å². The predicted molar refractivity (Wildman–Crippen MR) is 113 cm³/mol. The van der Waals surface area contributed by atoms with Gasteiger partial charge in [-0.2, -0.15) is 0 Å². The molecule has 1 saturated carbocycles. The minimum Gasteiger partial charge on any atom is -0.357 e. The molecular weight excluding hydrogens is 352 g/mol. The topological polar surface area (TPSA) is 19.0 Å². The second-order valence-corrected chi connectivity index (χ2v) is 8.69. The van der Waals surface area contributed by atoms with Crippen molar-refractivity contribution < 1.29 is 0 Å². The summed E-state index contributed by atoms with van der Waals surface area (Å²) in [5, 5.41) is 2.17. The van der Waals surface area contributed by atoms with Gasteiger partial charge in [0.2, 0.25) is 0 Å². The van der Waals surface area contributed by atoms with Gasteiger partial charge in [0, 0.05) is 34.7 Å². The van der Waals surface area contributed by atoms with Crippen molar-refractivity contribution in [3.05, 3.63) is 70.4 Å². The van der Waals surface area contributed by atoms with Gasteiger partial charge >= 0.3 is 0 Å². The number of aromatic amines is 1. The monoisotopic (exact) mass is 378 g/mol. The van der Waals surface area contributed by atoms with Crippen LogP contribution >= 0.6 is 11.6 Å². The van der Waals surface area contributed by atoms with E-state index >= 15 is 0 Å². The number of halogens is 1. The summed E-state index contributed by atoms with van der Waals surface area (Å²) in [6, 6.07) is 17.8. The van der Waals surface area contributed by atoms with Gasteiger partial charge in [-0.25, -0.2) is 0 Å². The largest absolute Gasteiger partial charge is 0.357 e. The van der Waals surface area contributed by atoms with Crippen LogP contribution in [-0.4, -0.2) is 16.4 Å². The Morgan fingerprint density at radius 1 is 1.00 bits per heavy atom. The fourth-order valence-corrected chi connectivity index (χ4v) is 5.49. The summed E-state index contributed by atoms with van der Waals surface area (Å²) < 4.78 is 0. The summed E-state index contributed by atoms with van der Waals surface area (Å²) >= 11 is 6.31. The first-order valence-electron chi connectivity index (χ1n) is 10.4. The maximum atomic E-state index is 6.31. The van der Waals surface area contributed by atoms with Crippen LogP contribution in [0.2, 0.25) is 5.02 Å². The van der Waals surface area contributed by atoms with Crippen LogP contribution in [0, 0.1) is 5.92 Å². The number of hydrogen-bond acceptors (Lipinski definition) is 1. The third-order valence-electron chi connectivity index (χ3n) is 6.56. The Bertz CT molecular complexity index is 924. The molecule has 1 atom stereocenters. The lowest BCUT2D eigenvalue weighted by Crippen LogP contribution is -2.39. The Morgan fingerprint density at radius 3 is 2.63 bits per heavy atom. The number of aromatic nitrogens is 1. The van der Waals surface area contributed by atoms with Gasteiger partial charge in [-0.15, -0.1) is 0 Å². The number of rotatable bonds is 3. The number of H-pyrrole nitrogens is 1. The standard InChI is InChI=1S/C24H27ClN2/c25-19-11-12-22-21(15-19)20-13-14-27(16-17-7-3-1-4-8-17)24(23(20)26-22)18-9-5-2-6-10-18/h1,3-4,7-8,11-12,15,18,24,26H,2,5-6,9-10,13-14,16H2. The first-order valence-corrected chi connectivity index (χ1v) is 10.8. The van der Waals surface area contributed by atoms with E-state index in [2.05, 4.69) is 52.3 Å². The van der Waals surface area contributed by atoms with Crippen LogP contribution in [0.1, 0.15) is 55.0 Å². The molecule has 27 heavy (non-hydrogen) atoms. The molecule has 3 heteroatoms. The van der Waals surface area contributed by atoms with E-state index < -0.39 is 0 Å². The lowest BCUT2D eigenvalue weighted by Gasteiger charge is -2.42. The van der Waals surface area contributed by atoms with Crippen molar-refractivity contribution in [3.63, 3.8) is 0 Å². The first kappa shape index (κ1) is 17.3. The van der Waals surface area contributed by atoms with Gasteiger partial charge in [0.25, 0.3) is 0 Å². The van der Waals surface area contributed by atoms with E-state index in [1.807, 2.05) is 6.07 Å². The van der Waals surface area contributed by atoms with E-state index in [0.29, 0.717) is 6.04 Å². The van der Waals surface area contributed by atoms with Crippen molar-refractivity contribution in [2.75, 3.05) is 6.54 Å². The van der Waals surface area contributed by atoms with Gasteiger partial charge in [-0.1, -0.05) is 61.2 Å². The fourth-order valence-electron chi connectivity index (χ4n) is 5.32. The molecule has 0 spiro atoms. The third-order valence-corrected chi connectivity index (χ3v) is 6.80. The Balaban J connectivity index is 1.56. The predicted octanol–water partition coefficient (Wildman–Crippen LogP) is 6.50. The molecule has 1 aliphatic heterocycles. The van der Waals surface area contributed by atoms with Gasteiger partial charge in [0.1, 0.15) is 0 Å². The summed E-state index contributed by atoms with van der Waals surface area (Å²) in [6.45, 7) is 2.17. The summed E-state index contributed by atoms with van der Waals surface area (Å²) in [5.41, 5.74) is 5.63. The zero-order valence-corrected chi connectivity index (χ0v) is 16.5. The molecule has 140 valence electrons.